The van der Waals surface area contributed by atoms with Gasteiger partial charge in [0.2, 0.25) is 0 Å². The number of pyridine rings is 2. The second-order valence-corrected chi connectivity index (χ2v) is 14.2. The van der Waals surface area contributed by atoms with Crippen molar-refractivity contribution in [3.63, 3.8) is 0 Å². The van der Waals surface area contributed by atoms with E-state index in [1.54, 1.807) is 0 Å². The van der Waals surface area contributed by atoms with Crippen LogP contribution >= 0.6 is 0 Å². The topological polar surface area (TPSA) is 76.2 Å². The van der Waals surface area contributed by atoms with Gasteiger partial charge in [-0.3, -0.25) is 14.8 Å². The zero-order valence-electron chi connectivity index (χ0n) is 30.7. The van der Waals surface area contributed by atoms with Crippen LogP contribution in [-0.4, -0.2) is 20.9 Å². The van der Waals surface area contributed by atoms with Gasteiger partial charge in [0, 0.05) is 61.7 Å². The van der Waals surface area contributed by atoms with Gasteiger partial charge in [0.1, 0.15) is 11.8 Å². The molecule has 0 saturated heterocycles. The molecule has 0 amide bonds. The number of nitrogens with zero attached hydrogens (tertiary/aromatic N) is 2. The fourth-order valence-corrected chi connectivity index (χ4v) is 6.30. The van der Waals surface area contributed by atoms with Gasteiger partial charge in [-0.1, -0.05) is 97.5 Å². The molecule has 263 valence electrons. The van der Waals surface area contributed by atoms with Crippen molar-refractivity contribution in [1.82, 2.24) is 9.97 Å². The summed E-state index contributed by atoms with van der Waals surface area (Å²) < 4.78 is 6.01. The summed E-state index contributed by atoms with van der Waals surface area (Å²) in [4.78, 5) is 21.1. The minimum absolute atomic E-state index is 0. The zero-order chi connectivity index (χ0) is 35.0. The van der Waals surface area contributed by atoms with E-state index in [2.05, 4.69) is 88.1 Å². The van der Waals surface area contributed by atoms with Crippen LogP contribution in [0.15, 0.2) is 83.4 Å². The number of furan rings is 1. The van der Waals surface area contributed by atoms with Crippen LogP contribution < -0.4 is 0 Å². The van der Waals surface area contributed by atoms with Gasteiger partial charge in [-0.05, 0) is 66.7 Å². The van der Waals surface area contributed by atoms with Crippen molar-refractivity contribution in [3.05, 3.63) is 96.2 Å². The number of allylic oxidation sites excluding steroid dienone is 2. The Hall–Kier alpha value is -3.60. The molecule has 0 unspecified atom stereocenters. The normalized spacial score (nSPS) is 12.0. The summed E-state index contributed by atoms with van der Waals surface area (Å²) in [6.07, 6.45) is 11.4. The van der Waals surface area contributed by atoms with E-state index in [1.165, 1.54) is 22.6 Å². The summed E-state index contributed by atoms with van der Waals surface area (Å²) in [6, 6.07) is 20.5. The van der Waals surface area contributed by atoms with Gasteiger partial charge in [-0.25, -0.2) is 0 Å². The van der Waals surface area contributed by atoms with Crippen LogP contribution in [0.1, 0.15) is 99.1 Å². The molecule has 5 nitrogen and oxygen atoms in total. The molecule has 1 radical (unpaired) electrons. The predicted molar refractivity (Wildman–Crippen MR) is 200 cm³/mol. The van der Waals surface area contributed by atoms with E-state index in [0.29, 0.717) is 5.92 Å². The molecule has 0 aliphatic carbocycles. The van der Waals surface area contributed by atoms with E-state index < -0.39 is 0 Å². The number of fused-ring (bicyclic) bond motifs is 2. The van der Waals surface area contributed by atoms with Crippen molar-refractivity contribution in [2.24, 2.45) is 17.8 Å². The van der Waals surface area contributed by atoms with E-state index in [9.17, 15) is 9.90 Å². The molecule has 0 fully saturated rings. The summed E-state index contributed by atoms with van der Waals surface area (Å²) in [5.41, 5.74) is 8.25. The smallest absolute Gasteiger partial charge is 0.162 e. The van der Waals surface area contributed by atoms with Crippen LogP contribution in [0.4, 0.5) is 0 Å². The third-order valence-electron chi connectivity index (χ3n) is 9.18. The number of ketones is 1. The average Bonchev–Trinajstić information content (AvgIpc) is 3.50. The number of aromatic nitrogens is 2. The Morgan fingerprint density at radius 2 is 1.57 bits per heavy atom. The summed E-state index contributed by atoms with van der Waals surface area (Å²) >= 11 is 0. The second kappa shape index (κ2) is 17.9. The molecular weight excluding hydrogens is 785 g/mol. The minimum Gasteiger partial charge on any atom is -0.512 e. The molecule has 5 aromatic rings. The molecule has 0 atom stereocenters. The summed E-state index contributed by atoms with van der Waals surface area (Å²) in [5, 5.41) is 12.1. The molecule has 49 heavy (non-hydrogen) atoms. The molecule has 5 rings (SSSR count). The van der Waals surface area contributed by atoms with Crippen LogP contribution in [-0.2, 0) is 36.7 Å². The zero-order valence-corrected chi connectivity index (χ0v) is 33.1. The first-order valence-electron chi connectivity index (χ1n) is 17.6. The first kappa shape index (κ1) is 39.8. The molecule has 2 aromatic carbocycles. The van der Waals surface area contributed by atoms with Gasteiger partial charge >= 0.3 is 0 Å². The van der Waals surface area contributed by atoms with Gasteiger partial charge in [0.15, 0.2) is 11.4 Å². The Bertz CT molecular complexity index is 1860. The molecule has 3 heterocycles. The molecular formula is C43H53IrN2O3-. The Morgan fingerprint density at radius 3 is 2.20 bits per heavy atom. The first-order valence-corrected chi connectivity index (χ1v) is 17.6. The van der Waals surface area contributed by atoms with Gasteiger partial charge < -0.3 is 9.52 Å². The Morgan fingerprint density at radius 1 is 0.918 bits per heavy atom. The molecule has 0 spiro atoms. The number of hydrogen-bond acceptors (Lipinski definition) is 5. The van der Waals surface area contributed by atoms with Crippen molar-refractivity contribution >= 4 is 27.7 Å². The Balaban J connectivity index is 0.000000347. The van der Waals surface area contributed by atoms with Gasteiger partial charge in [-0.15, -0.1) is 29.1 Å². The van der Waals surface area contributed by atoms with Gasteiger partial charge in [0.25, 0.3) is 0 Å². The maximum absolute atomic E-state index is 11.7. The largest absolute Gasteiger partial charge is 0.512 e. The molecule has 3 aromatic heterocycles. The third kappa shape index (κ3) is 9.77. The Kier molecular flexibility index (Phi) is 14.5. The maximum Gasteiger partial charge on any atom is 0.162 e. The number of rotatable bonds is 11. The summed E-state index contributed by atoms with van der Waals surface area (Å²) in [5.74, 6) is 1.10. The van der Waals surface area contributed by atoms with Crippen molar-refractivity contribution in [3.8, 4) is 22.4 Å². The fourth-order valence-electron chi connectivity index (χ4n) is 6.30. The van der Waals surface area contributed by atoms with E-state index in [4.69, 9.17) is 9.40 Å². The molecule has 0 saturated carbocycles. The second-order valence-electron chi connectivity index (χ2n) is 14.2. The monoisotopic (exact) mass is 838 g/mol. The number of carbonyl (C=O) groups excluding carboxylic acids is 1. The average molecular weight is 838 g/mol. The quantitative estimate of drug-likeness (QED) is 0.0815. The Labute approximate surface area is 307 Å². The fraction of sp³-hybridized carbons (Fsp3) is 0.419. The van der Waals surface area contributed by atoms with Crippen LogP contribution in [0.3, 0.4) is 0 Å². The molecule has 0 aliphatic rings. The number of aliphatic hydroxyl groups excluding tert-OH is 1. The van der Waals surface area contributed by atoms with Crippen LogP contribution in [0, 0.1) is 23.8 Å². The maximum atomic E-state index is 11.7. The predicted octanol–water partition coefficient (Wildman–Crippen LogP) is 11.9. The first-order chi connectivity index (χ1) is 22.9. The van der Waals surface area contributed by atoms with Crippen molar-refractivity contribution in [1.29, 1.82) is 0 Å². The van der Waals surface area contributed by atoms with Crippen molar-refractivity contribution < 1.29 is 34.4 Å². The van der Waals surface area contributed by atoms with E-state index >= 15 is 0 Å². The van der Waals surface area contributed by atoms with Crippen LogP contribution in [0.5, 0.6) is 0 Å². The van der Waals surface area contributed by atoms with Gasteiger partial charge in [0.05, 0.1) is 5.76 Å². The van der Waals surface area contributed by atoms with Crippen molar-refractivity contribution in [2.45, 2.75) is 99.8 Å². The molecule has 1 N–H and O–H groups in total. The van der Waals surface area contributed by atoms with Gasteiger partial charge in [-0.2, -0.15) is 0 Å². The van der Waals surface area contributed by atoms with Crippen LogP contribution in [0.25, 0.3) is 44.3 Å². The molecule has 0 bridgehead atoms. The molecule has 6 heteroatoms. The van der Waals surface area contributed by atoms with E-state index in [1.807, 2.05) is 52.4 Å². The van der Waals surface area contributed by atoms with E-state index in [-0.39, 0.29) is 48.9 Å². The number of hydrogen-bond donors (Lipinski definition) is 1. The SMILES string of the molecule is CC(C)Cc1ccnc2c(-c3ccnc(-c4[c-]c5ccccc5c(C(C)(C)C)c4)c3)coc12.CCC(CC)C(=O)/C=C(\O)C(CC)CC.[Ir]. The van der Waals surface area contributed by atoms with Crippen molar-refractivity contribution in [2.75, 3.05) is 0 Å². The summed E-state index contributed by atoms with van der Waals surface area (Å²) in [7, 11) is 0. The standard InChI is InChI=1S/C30H29N2O.C13H24O2.Ir/c1-19(2)14-22-11-13-32-28-25(18-33-29(22)28)21-10-12-31-27(17-21)23-15-20-8-6-7-9-24(20)26(16-23)30(3,4)5;1-5-10(6-2)12(14)9-13(15)11(7-3)8-4;/h6-13,16-19H,14H2,1-5H3;9-11,14H,5-8H2,1-4H3;/q-1;;/b;12-9-;. The van der Waals surface area contributed by atoms with E-state index in [0.717, 1.165) is 71.0 Å². The van der Waals surface area contributed by atoms with Crippen LogP contribution in [0.2, 0.25) is 0 Å². The molecule has 0 aliphatic heterocycles. The number of aliphatic hydroxyl groups is 1. The number of carbonyl (C=O) groups is 1. The minimum atomic E-state index is 0. The third-order valence-corrected chi connectivity index (χ3v) is 9.18. The summed E-state index contributed by atoms with van der Waals surface area (Å²) in [6.45, 7) is 19.3. The number of benzene rings is 2.